The molecule has 0 saturated carbocycles. The van der Waals surface area contributed by atoms with Crippen LogP contribution in [0.5, 0.6) is 0 Å². The van der Waals surface area contributed by atoms with Gasteiger partial charge in [-0.15, -0.1) is 0 Å². The Morgan fingerprint density at radius 2 is 1.90 bits per heavy atom. The largest absolute Gasteiger partial charge is 0.361 e. The van der Waals surface area contributed by atoms with Gasteiger partial charge in [0.05, 0.1) is 6.04 Å². The molecular weight excluding hydrogens is 270 g/mol. The first-order chi connectivity index (χ1) is 10.1. The van der Waals surface area contributed by atoms with E-state index in [2.05, 4.69) is 15.6 Å². The van der Waals surface area contributed by atoms with Gasteiger partial charge in [-0.25, -0.2) is 4.79 Å². The van der Waals surface area contributed by atoms with Crippen LogP contribution in [0.15, 0.2) is 30.5 Å². The molecule has 0 radical (unpaired) electrons. The first-order valence-electron chi connectivity index (χ1n) is 6.69. The minimum absolute atomic E-state index is 0.258. The van der Waals surface area contributed by atoms with Crippen molar-refractivity contribution in [1.82, 2.24) is 15.6 Å². The van der Waals surface area contributed by atoms with Crippen molar-refractivity contribution in [3.8, 4) is 0 Å². The summed E-state index contributed by atoms with van der Waals surface area (Å²) in [5.41, 5.74) is 12.8. The van der Waals surface area contributed by atoms with E-state index in [1.165, 1.54) is 0 Å². The summed E-state index contributed by atoms with van der Waals surface area (Å²) in [6.07, 6.45) is 2.31. The number of rotatable bonds is 6. The van der Waals surface area contributed by atoms with Gasteiger partial charge >= 0.3 is 6.03 Å². The van der Waals surface area contributed by atoms with Crippen LogP contribution in [0.3, 0.4) is 0 Å². The van der Waals surface area contributed by atoms with Crippen molar-refractivity contribution in [2.45, 2.75) is 12.5 Å². The lowest BCUT2D eigenvalue weighted by molar-refractivity contribution is -0.122. The number of carbonyl (C=O) groups is 2. The Kier molecular flexibility index (Phi) is 4.78. The van der Waals surface area contributed by atoms with E-state index in [0.717, 1.165) is 16.5 Å². The number of para-hydroxylation sites is 1. The Morgan fingerprint density at radius 3 is 2.67 bits per heavy atom. The third kappa shape index (κ3) is 3.96. The van der Waals surface area contributed by atoms with Crippen LogP contribution in [-0.4, -0.2) is 36.1 Å². The molecule has 7 N–H and O–H groups in total. The standard InChI is InChI=1S/C14H19N5O2/c15-11(13(20)17-5-6-18-14(16)21)7-9-8-19-12-4-2-1-3-10(9)12/h1-4,8,11,19H,5-7,15H2,(H,17,20)(H3,16,18,21)/t11-/m1/s1. The van der Waals surface area contributed by atoms with Gasteiger partial charge in [-0.2, -0.15) is 0 Å². The first-order valence-corrected chi connectivity index (χ1v) is 6.69. The molecule has 3 amide bonds. The average Bonchev–Trinajstić information content (AvgIpc) is 2.86. The molecule has 2 aromatic rings. The number of hydrogen-bond donors (Lipinski definition) is 5. The highest BCUT2D eigenvalue weighted by Gasteiger charge is 2.15. The highest BCUT2D eigenvalue weighted by atomic mass is 16.2. The number of carbonyl (C=O) groups excluding carboxylic acids is 2. The summed E-state index contributed by atoms with van der Waals surface area (Å²) in [4.78, 5) is 25.5. The van der Waals surface area contributed by atoms with Crippen LogP contribution in [-0.2, 0) is 11.2 Å². The van der Waals surface area contributed by atoms with E-state index in [-0.39, 0.29) is 12.5 Å². The second-order valence-corrected chi connectivity index (χ2v) is 4.75. The summed E-state index contributed by atoms with van der Waals surface area (Å²) in [7, 11) is 0. The molecule has 1 aromatic carbocycles. The van der Waals surface area contributed by atoms with Crippen molar-refractivity contribution in [2.75, 3.05) is 13.1 Å². The maximum Gasteiger partial charge on any atom is 0.312 e. The summed E-state index contributed by atoms with van der Waals surface area (Å²) >= 11 is 0. The van der Waals surface area contributed by atoms with Gasteiger partial charge in [0.15, 0.2) is 0 Å². The molecule has 7 heteroatoms. The fraction of sp³-hybridized carbons (Fsp3) is 0.286. The maximum atomic E-state index is 11.9. The molecule has 0 bridgehead atoms. The molecule has 0 aliphatic carbocycles. The monoisotopic (exact) mass is 289 g/mol. The Balaban J connectivity index is 1.87. The van der Waals surface area contributed by atoms with E-state index >= 15 is 0 Å². The second kappa shape index (κ2) is 6.76. The molecule has 7 nitrogen and oxygen atoms in total. The van der Waals surface area contributed by atoms with E-state index in [4.69, 9.17) is 11.5 Å². The molecule has 0 spiro atoms. The number of aromatic amines is 1. The third-order valence-electron chi connectivity index (χ3n) is 3.17. The smallest absolute Gasteiger partial charge is 0.312 e. The number of hydrogen-bond acceptors (Lipinski definition) is 3. The highest BCUT2D eigenvalue weighted by molar-refractivity contribution is 5.86. The van der Waals surface area contributed by atoms with E-state index in [9.17, 15) is 9.59 Å². The molecule has 0 aliphatic heterocycles. The van der Waals surface area contributed by atoms with Crippen molar-refractivity contribution < 1.29 is 9.59 Å². The lowest BCUT2D eigenvalue weighted by Crippen LogP contribution is -2.45. The van der Waals surface area contributed by atoms with Crippen LogP contribution in [0.4, 0.5) is 4.79 Å². The lowest BCUT2D eigenvalue weighted by atomic mass is 10.1. The van der Waals surface area contributed by atoms with Crippen molar-refractivity contribution in [3.05, 3.63) is 36.0 Å². The maximum absolute atomic E-state index is 11.9. The number of primary amides is 1. The van der Waals surface area contributed by atoms with Crippen LogP contribution >= 0.6 is 0 Å². The zero-order chi connectivity index (χ0) is 15.2. The van der Waals surface area contributed by atoms with Crippen molar-refractivity contribution in [2.24, 2.45) is 11.5 Å². The summed E-state index contributed by atoms with van der Waals surface area (Å²) < 4.78 is 0. The second-order valence-electron chi connectivity index (χ2n) is 4.75. The normalized spacial score (nSPS) is 12.0. The van der Waals surface area contributed by atoms with Crippen molar-refractivity contribution >= 4 is 22.8 Å². The number of nitrogens with two attached hydrogens (primary N) is 2. The Hall–Kier alpha value is -2.54. The molecule has 0 saturated heterocycles. The summed E-state index contributed by atoms with van der Waals surface area (Å²) in [6, 6.07) is 6.59. The van der Waals surface area contributed by atoms with Gasteiger partial charge in [-0.3, -0.25) is 4.79 Å². The molecule has 112 valence electrons. The molecule has 0 unspecified atom stereocenters. The van der Waals surface area contributed by atoms with E-state index in [1.807, 2.05) is 30.5 Å². The van der Waals surface area contributed by atoms with Gasteiger partial charge in [0, 0.05) is 30.2 Å². The van der Waals surface area contributed by atoms with Gasteiger partial charge < -0.3 is 27.1 Å². The topological polar surface area (TPSA) is 126 Å². The number of amides is 3. The van der Waals surface area contributed by atoms with Crippen molar-refractivity contribution in [3.63, 3.8) is 0 Å². The number of urea groups is 1. The lowest BCUT2D eigenvalue weighted by Gasteiger charge is -2.12. The molecule has 0 fully saturated rings. The number of aromatic nitrogens is 1. The van der Waals surface area contributed by atoms with Crippen LogP contribution in [0, 0.1) is 0 Å². The van der Waals surface area contributed by atoms with Crippen LogP contribution in [0.1, 0.15) is 5.56 Å². The number of benzene rings is 1. The molecular formula is C14H19N5O2. The van der Waals surface area contributed by atoms with E-state index in [1.54, 1.807) is 0 Å². The minimum Gasteiger partial charge on any atom is -0.361 e. The average molecular weight is 289 g/mol. The third-order valence-corrected chi connectivity index (χ3v) is 3.17. The van der Waals surface area contributed by atoms with Gasteiger partial charge in [-0.05, 0) is 18.1 Å². The summed E-state index contributed by atoms with van der Waals surface area (Å²) in [6.45, 7) is 0.574. The molecule has 21 heavy (non-hydrogen) atoms. The summed E-state index contributed by atoms with van der Waals surface area (Å²) in [5.74, 6) is -0.258. The zero-order valence-electron chi connectivity index (χ0n) is 11.6. The Bertz CT molecular complexity index is 637. The fourth-order valence-electron chi connectivity index (χ4n) is 2.13. The molecule has 1 heterocycles. The number of nitrogens with one attached hydrogen (secondary N) is 3. The minimum atomic E-state index is -0.641. The van der Waals surface area contributed by atoms with E-state index in [0.29, 0.717) is 13.0 Å². The number of H-pyrrole nitrogens is 1. The van der Waals surface area contributed by atoms with Gasteiger partial charge in [0.1, 0.15) is 0 Å². The molecule has 1 aromatic heterocycles. The van der Waals surface area contributed by atoms with Crippen molar-refractivity contribution in [1.29, 1.82) is 0 Å². The SMILES string of the molecule is NC(=O)NCCNC(=O)[C@H](N)Cc1c[nH]c2ccccc12. The fourth-order valence-corrected chi connectivity index (χ4v) is 2.13. The van der Waals surface area contributed by atoms with Gasteiger partial charge in [-0.1, -0.05) is 18.2 Å². The number of fused-ring (bicyclic) bond motifs is 1. The zero-order valence-corrected chi connectivity index (χ0v) is 11.6. The van der Waals surface area contributed by atoms with Gasteiger partial charge in [0.25, 0.3) is 0 Å². The quantitative estimate of drug-likeness (QED) is 0.473. The van der Waals surface area contributed by atoms with Crippen LogP contribution in [0.2, 0.25) is 0 Å². The Labute approximate surface area is 122 Å². The van der Waals surface area contributed by atoms with Crippen LogP contribution < -0.4 is 22.1 Å². The Morgan fingerprint density at radius 1 is 1.19 bits per heavy atom. The summed E-state index contributed by atoms with van der Waals surface area (Å²) in [5, 5.41) is 6.11. The predicted octanol–water partition coefficient (Wildman–Crippen LogP) is -0.178. The predicted molar refractivity (Wildman–Crippen MR) is 80.6 cm³/mol. The molecule has 0 aliphatic rings. The van der Waals surface area contributed by atoms with Crippen LogP contribution in [0.25, 0.3) is 10.9 Å². The van der Waals surface area contributed by atoms with E-state index < -0.39 is 12.1 Å². The highest BCUT2D eigenvalue weighted by Crippen LogP contribution is 2.18. The molecule has 2 rings (SSSR count). The first kappa shape index (κ1) is 14.9. The van der Waals surface area contributed by atoms with Gasteiger partial charge in [0.2, 0.25) is 5.91 Å². The molecule has 1 atom stereocenters.